The highest BCUT2D eigenvalue weighted by atomic mass is 32.2. The fourth-order valence-corrected chi connectivity index (χ4v) is 4.40. The van der Waals surface area contributed by atoms with Crippen LogP contribution in [0.5, 0.6) is 0 Å². The van der Waals surface area contributed by atoms with Gasteiger partial charge in [0.05, 0.1) is 0 Å². The molecule has 1 N–H and O–H groups in total. The number of sulfonamides is 1. The molecule has 0 amide bonds. The summed E-state index contributed by atoms with van der Waals surface area (Å²) in [6, 6.07) is -0.165. The highest BCUT2D eigenvalue weighted by Crippen LogP contribution is 2.18. The SMILES string of the molecule is CCN(C1CCNC1)S(=O)(=O)c1cn(C)c(=O)n(C)c1=O. The molecule has 2 heterocycles. The van der Waals surface area contributed by atoms with Gasteiger partial charge in [-0.3, -0.25) is 9.36 Å². The molecule has 1 unspecified atom stereocenters. The second-order valence-electron chi connectivity index (χ2n) is 5.11. The number of aromatic nitrogens is 2. The molecule has 1 fully saturated rings. The minimum Gasteiger partial charge on any atom is -0.315 e. The molecular formula is C12H20N4O4S. The first kappa shape index (κ1) is 15.9. The summed E-state index contributed by atoms with van der Waals surface area (Å²) in [6.45, 7) is 3.34. The van der Waals surface area contributed by atoms with Gasteiger partial charge in [0.25, 0.3) is 5.56 Å². The van der Waals surface area contributed by atoms with E-state index in [4.69, 9.17) is 0 Å². The van der Waals surface area contributed by atoms with Crippen molar-refractivity contribution in [2.75, 3.05) is 19.6 Å². The van der Waals surface area contributed by atoms with E-state index in [1.54, 1.807) is 6.92 Å². The van der Waals surface area contributed by atoms with Crippen LogP contribution in [0, 0.1) is 0 Å². The monoisotopic (exact) mass is 316 g/mol. The fourth-order valence-electron chi connectivity index (χ4n) is 2.59. The lowest BCUT2D eigenvalue weighted by Crippen LogP contribution is -2.46. The number of hydrogen-bond donors (Lipinski definition) is 1. The summed E-state index contributed by atoms with van der Waals surface area (Å²) in [5.74, 6) is 0. The topological polar surface area (TPSA) is 93.4 Å². The van der Waals surface area contributed by atoms with Crippen molar-refractivity contribution >= 4 is 10.0 Å². The Morgan fingerprint density at radius 2 is 2.05 bits per heavy atom. The Morgan fingerprint density at radius 3 is 2.57 bits per heavy atom. The second-order valence-corrected chi connectivity index (χ2v) is 6.96. The van der Waals surface area contributed by atoms with Crippen molar-refractivity contribution in [3.8, 4) is 0 Å². The van der Waals surface area contributed by atoms with Crippen molar-refractivity contribution in [1.82, 2.24) is 18.8 Å². The van der Waals surface area contributed by atoms with E-state index in [0.717, 1.165) is 21.9 Å². The standard InChI is InChI=1S/C12H20N4O4S/c1-4-16(9-5-6-13-7-9)21(19,20)10-8-14(2)12(18)15(3)11(10)17/h8-9,13H,4-7H2,1-3H3. The number of nitrogens with zero attached hydrogens (tertiary/aromatic N) is 3. The van der Waals surface area contributed by atoms with Crippen molar-refractivity contribution in [2.45, 2.75) is 24.3 Å². The molecule has 1 aromatic rings. The van der Waals surface area contributed by atoms with Crippen LogP contribution in [0.1, 0.15) is 13.3 Å². The molecule has 1 aromatic heterocycles. The van der Waals surface area contributed by atoms with Gasteiger partial charge in [-0.1, -0.05) is 6.92 Å². The lowest BCUT2D eigenvalue weighted by molar-refractivity contribution is 0.347. The third kappa shape index (κ3) is 2.68. The van der Waals surface area contributed by atoms with E-state index in [2.05, 4.69) is 5.32 Å². The van der Waals surface area contributed by atoms with Crippen LogP contribution in [0.3, 0.4) is 0 Å². The third-order valence-electron chi connectivity index (χ3n) is 3.75. The van der Waals surface area contributed by atoms with Gasteiger partial charge in [-0.05, 0) is 13.0 Å². The van der Waals surface area contributed by atoms with Crippen LogP contribution in [0.4, 0.5) is 0 Å². The molecule has 8 nitrogen and oxygen atoms in total. The normalized spacial score (nSPS) is 19.3. The number of aryl methyl sites for hydroxylation is 1. The van der Waals surface area contributed by atoms with Crippen molar-refractivity contribution in [3.63, 3.8) is 0 Å². The number of hydrogen-bond acceptors (Lipinski definition) is 5. The smallest absolute Gasteiger partial charge is 0.315 e. The van der Waals surface area contributed by atoms with E-state index in [0.29, 0.717) is 13.0 Å². The molecule has 1 saturated heterocycles. The maximum Gasteiger partial charge on any atom is 0.330 e. The van der Waals surface area contributed by atoms with Crippen LogP contribution in [0.2, 0.25) is 0 Å². The molecule has 21 heavy (non-hydrogen) atoms. The maximum atomic E-state index is 12.8. The molecule has 0 radical (unpaired) electrons. The Bertz CT molecular complexity index is 744. The number of nitrogens with one attached hydrogen (secondary N) is 1. The van der Waals surface area contributed by atoms with Gasteiger partial charge in [0.15, 0.2) is 4.90 Å². The van der Waals surface area contributed by atoms with Gasteiger partial charge >= 0.3 is 5.69 Å². The fraction of sp³-hybridized carbons (Fsp3) is 0.667. The largest absolute Gasteiger partial charge is 0.330 e. The minimum atomic E-state index is -3.93. The molecule has 0 bridgehead atoms. The molecule has 1 aliphatic rings. The van der Waals surface area contributed by atoms with Crippen LogP contribution < -0.4 is 16.6 Å². The van der Waals surface area contributed by atoms with Gasteiger partial charge in [-0.25, -0.2) is 13.2 Å². The van der Waals surface area contributed by atoms with E-state index >= 15 is 0 Å². The van der Waals surface area contributed by atoms with E-state index < -0.39 is 21.3 Å². The first-order valence-electron chi connectivity index (χ1n) is 6.80. The van der Waals surface area contributed by atoms with Gasteiger partial charge < -0.3 is 9.88 Å². The molecular weight excluding hydrogens is 296 g/mol. The molecule has 1 atom stereocenters. The molecule has 9 heteroatoms. The van der Waals surface area contributed by atoms with Gasteiger partial charge in [-0.2, -0.15) is 4.31 Å². The van der Waals surface area contributed by atoms with Gasteiger partial charge in [-0.15, -0.1) is 0 Å². The van der Waals surface area contributed by atoms with Crippen molar-refractivity contribution in [2.24, 2.45) is 14.1 Å². The van der Waals surface area contributed by atoms with Gasteiger partial charge in [0.1, 0.15) is 0 Å². The quantitative estimate of drug-likeness (QED) is 0.726. The van der Waals surface area contributed by atoms with Crippen LogP contribution >= 0.6 is 0 Å². The second kappa shape index (κ2) is 5.74. The summed E-state index contributed by atoms with van der Waals surface area (Å²) in [6.07, 6.45) is 1.81. The Hall–Kier alpha value is -1.45. The van der Waals surface area contributed by atoms with E-state index in [-0.39, 0.29) is 17.5 Å². The Kier molecular flexibility index (Phi) is 4.35. The summed E-state index contributed by atoms with van der Waals surface area (Å²) in [7, 11) is -1.23. The number of rotatable bonds is 4. The highest BCUT2D eigenvalue weighted by molar-refractivity contribution is 7.89. The molecule has 1 aliphatic heterocycles. The van der Waals surface area contributed by atoms with Crippen molar-refractivity contribution < 1.29 is 8.42 Å². The Labute approximate surface area is 123 Å². The zero-order valence-electron chi connectivity index (χ0n) is 12.4. The molecule has 0 aromatic carbocycles. The number of likely N-dealkylation sites (N-methyl/N-ethyl adjacent to an activating group) is 1. The minimum absolute atomic E-state index is 0.165. The predicted octanol–water partition coefficient (Wildman–Crippen LogP) is -1.54. The summed E-state index contributed by atoms with van der Waals surface area (Å²) >= 11 is 0. The Balaban J connectivity index is 2.58. The summed E-state index contributed by atoms with van der Waals surface area (Å²) in [5.41, 5.74) is -1.34. The zero-order valence-corrected chi connectivity index (χ0v) is 13.2. The first-order chi connectivity index (χ1) is 9.80. The van der Waals surface area contributed by atoms with E-state index in [1.807, 2.05) is 0 Å². The average Bonchev–Trinajstić information content (AvgIpc) is 2.94. The zero-order chi connectivity index (χ0) is 15.8. The van der Waals surface area contributed by atoms with Crippen molar-refractivity contribution in [1.29, 1.82) is 0 Å². The summed E-state index contributed by atoms with van der Waals surface area (Å²) in [4.78, 5) is 23.5. The molecule has 2 rings (SSSR count). The maximum absolute atomic E-state index is 12.8. The average molecular weight is 316 g/mol. The van der Waals surface area contributed by atoms with Crippen LogP contribution in [-0.2, 0) is 24.1 Å². The van der Waals surface area contributed by atoms with Gasteiger partial charge in [0, 0.05) is 39.4 Å². The van der Waals surface area contributed by atoms with Crippen LogP contribution in [0.15, 0.2) is 20.7 Å². The highest BCUT2D eigenvalue weighted by Gasteiger charge is 2.34. The van der Waals surface area contributed by atoms with Crippen molar-refractivity contribution in [3.05, 3.63) is 27.0 Å². The molecule has 0 spiro atoms. The lowest BCUT2D eigenvalue weighted by Gasteiger charge is -2.26. The van der Waals surface area contributed by atoms with E-state index in [1.165, 1.54) is 18.4 Å². The lowest BCUT2D eigenvalue weighted by atomic mass is 10.3. The third-order valence-corrected chi connectivity index (χ3v) is 5.76. The summed E-state index contributed by atoms with van der Waals surface area (Å²) < 4.78 is 28.8. The first-order valence-corrected chi connectivity index (χ1v) is 8.24. The summed E-state index contributed by atoms with van der Waals surface area (Å²) in [5, 5.41) is 3.11. The van der Waals surface area contributed by atoms with Crippen LogP contribution in [-0.4, -0.2) is 47.5 Å². The Morgan fingerprint density at radius 1 is 1.38 bits per heavy atom. The molecule has 0 aliphatic carbocycles. The molecule has 118 valence electrons. The van der Waals surface area contributed by atoms with E-state index in [9.17, 15) is 18.0 Å². The van der Waals surface area contributed by atoms with Gasteiger partial charge in [0.2, 0.25) is 10.0 Å². The van der Waals surface area contributed by atoms with Crippen LogP contribution in [0.25, 0.3) is 0 Å². The molecule has 0 saturated carbocycles. The predicted molar refractivity (Wildman–Crippen MR) is 77.8 cm³/mol.